The summed E-state index contributed by atoms with van der Waals surface area (Å²) in [6, 6.07) is 3.92. The van der Waals surface area contributed by atoms with Crippen molar-refractivity contribution in [3.05, 3.63) is 36.9 Å². The molecule has 0 amide bonds. The minimum absolute atomic E-state index is 0.0450. The van der Waals surface area contributed by atoms with Crippen molar-refractivity contribution in [3.63, 3.8) is 0 Å². The van der Waals surface area contributed by atoms with Crippen LogP contribution in [0.2, 0.25) is 0 Å². The lowest BCUT2D eigenvalue weighted by Gasteiger charge is -2.10. The molecule has 0 fully saturated rings. The normalized spacial score (nSPS) is 12.5. The zero-order valence-corrected chi connectivity index (χ0v) is 12.6. The summed E-state index contributed by atoms with van der Waals surface area (Å²) in [7, 11) is 0. The fourth-order valence-electron chi connectivity index (χ4n) is 2.49. The standard InChI is InChI=1S/C16H18N4O2/c1-3-22-15(21)8-11(2)20-10-12(9-19-20)13-4-6-17-16-14(13)5-7-18-16/h4-7,9-11H,3,8H2,1-2H3,(H,17,18). The first-order valence-electron chi connectivity index (χ1n) is 7.31. The number of H-pyrrole nitrogens is 1. The van der Waals surface area contributed by atoms with Crippen molar-refractivity contribution in [1.82, 2.24) is 19.7 Å². The minimum Gasteiger partial charge on any atom is -0.466 e. The molecule has 0 aliphatic rings. The van der Waals surface area contributed by atoms with E-state index in [1.807, 2.05) is 37.6 Å². The van der Waals surface area contributed by atoms with E-state index in [9.17, 15) is 4.79 Å². The van der Waals surface area contributed by atoms with Gasteiger partial charge in [-0.25, -0.2) is 4.98 Å². The van der Waals surface area contributed by atoms with Crippen LogP contribution in [0.5, 0.6) is 0 Å². The molecule has 3 aromatic heterocycles. The highest BCUT2D eigenvalue weighted by molar-refractivity contribution is 5.92. The SMILES string of the molecule is CCOC(=O)CC(C)n1cc(-c2ccnc3[nH]ccc23)cn1. The van der Waals surface area contributed by atoms with E-state index < -0.39 is 0 Å². The number of carbonyl (C=O) groups excluding carboxylic acids is 1. The molecule has 22 heavy (non-hydrogen) atoms. The second kappa shape index (κ2) is 6.01. The van der Waals surface area contributed by atoms with Gasteiger partial charge in [-0.05, 0) is 31.5 Å². The third-order valence-electron chi connectivity index (χ3n) is 3.59. The topological polar surface area (TPSA) is 72.8 Å². The molecule has 1 atom stereocenters. The van der Waals surface area contributed by atoms with Crippen LogP contribution in [0.15, 0.2) is 36.9 Å². The van der Waals surface area contributed by atoms with Gasteiger partial charge in [-0.15, -0.1) is 0 Å². The lowest BCUT2D eigenvalue weighted by Crippen LogP contribution is -2.13. The van der Waals surface area contributed by atoms with Crippen LogP contribution in [0.25, 0.3) is 22.2 Å². The summed E-state index contributed by atoms with van der Waals surface area (Å²) in [5.41, 5.74) is 2.92. The molecule has 0 aromatic carbocycles. The van der Waals surface area contributed by atoms with Crippen LogP contribution in [-0.2, 0) is 9.53 Å². The number of nitrogens with zero attached hydrogens (tertiary/aromatic N) is 3. The first-order valence-corrected chi connectivity index (χ1v) is 7.31. The van der Waals surface area contributed by atoms with Crippen LogP contribution >= 0.6 is 0 Å². The van der Waals surface area contributed by atoms with Gasteiger partial charge in [0.2, 0.25) is 0 Å². The molecule has 3 heterocycles. The zero-order chi connectivity index (χ0) is 15.5. The zero-order valence-electron chi connectivity index (χ0n) is 12.6. The Kier molecular flexibility index (Phi) is 3.91. The summed E-state index contributed by atoms with van der Waals surface area (Å²) in [4.78, 5) is 19.0. The number of aromatic nitrogens is 4. The van der Waals surface area contributed by atoms with Gasteiger partial charge in [-0.1, -0.05) is 0 Å². The predicted molar refractivity (Wildman–Crippen MR) is 83.3 cm³/mol. The second-order valence-electron chi connectivity index (χ2n) is 5.17. The molecule has 1 unspecified atom stereocenters. The summed E-state index contributed by atoms with van der Waals surface area (Å²) in [5.74, 6) is -0.205. The van der Waals surface area contributed by atoms with E-state index in [0.29, 0.717) is 13.0 Å². The number of ether oxygens (including phenoxy) is 1. The summed E-state index contributed by atoms with van der Waals surface area (Å²) in [6.07, 6.45) is 7.71. The number of aromatic amines is 1. The third-order valence-corrected chi connectivity index (χ3v) is 3.59. The second-order valence-corrected chi connectivity index (χ2v) is 5.17. The molecule has 0 saturated heterocycles. The minimum atomic E-state index is -0.205. The fourth-order valence-corrected chi connectivity index (χ4v) is 2.49. The van der Waals surface area contributed by atoms with Gasteiger partial charge in [0.1, 0.15) is 5.65 Å². The number of pyridine rings is 1. The number of esters is 1. The van der Waals surface area contributed by atoms with Crippen LogP contribution in [0.4, 0.5) is 0 Å². The van der Waals surface area contributed by atoms with E-state index in [1.165, 1.54) is 0 Å². The molecule has 3 rings (SSSR count). The Morgan fingerprint density at radius 3 is 3.14 bits per heavy atom. The number of fused-ring (bicyclic) bond motifs is 1. The van der Waals surface area contributed by atoms with Crippen molar-refractivity contribution in [2.45, 2.75) is 26.3 Å². The van der Waals surface area contributed by atoms with Gasteiger partial charge < -0.3 is 9.72 Å². The summed E-state index contributed by atoms with van der Waals surface area (Å²) < 4.78 is 6.78. The van der Waals surface area contributed by atoms with Crippen molar-refractivity contribution in [1.29, 1.82) is 0 Å². The Hall–Kier alpha value is -2.63. The maximum Gasteiger partial charge on any atom is 0.307 e. The average Bonchev–Trinajstić information content (AvgIpc) is 3.16. The van der Waals surface area contributed by atoms with Crippen LogP contribution in [0.1, 0.15) is 26.3 Å². The van der Waals surface area contributed by atoms with Crippen molar-refractivity contribution in [3.8, 4) is 11.1 Å². The largest absolute Gasteiger partial charge is 0.466 e. The van der Waals surface area contributed by atoms with Gasteiger partial charge >= 0.3 is 5.97 Å². The van der Waals surface area contributed by atoms with Crippen LogP contribution in [0, 0.1) is 0 Å². The Labute approximate surface area is 128 Å². The third kappa shape index (κ3) is 2.72. The van der Waals surface area contributed by atoms with Gasteiger partial charge in [-0.3, -0.25) is 9.48 Å². The highest BCUT2D eigenvalue weighted by atomic mass is 16.5. The molecule has 3 aromatic rings. The molecular formula is C16H18N4O2. The molecule has 6 heteroatoms. The first-order chi connectivity index (χ1) is 10.7. The molecule has 114 valence electrons. The summed E-state index contributed by atoms with van der Waals surface area (Å²) in [5, 5.41) is 5.43. The summed E-state index contributed by atoms with van der Waals surface area (Å²) in [6.45, 7) is 4.16. The van der Waals surface area contributed by atoms with Gasteiger partial charge in [0, 0.05) is 29.5 Å². The van der Waals surface area contributed by atoms with Crippen molar-refractivity contribution < 1.29 is 9.53 Å². The molecule has 0 saturated carbocycles. The Bertz CT molecular complexity index is 790. The van der Waals surface area contributed by atoms with Gasteiger partial charge in [0.05, 0.1) is 25.3 Å². The highest BCUT2D eigenvalue weighted by Gasteiger charge is 2.14. The monoisotopic (exact) mass is 298 g/mol. The van der Waals surface area contributed by atoms with Crippen LogP contribution < -0.4 is 0 Å². The van der Waals surface area contributed by atoms with Crippen LogP contribution in [0.3, 0.4) is 0 Å². The van der Waals surface area contributed by atoms with E-state index in [0.717, 1.165) is 22.2 Å². The lowest BCUT2D eigenvalue weighted by molar-refractivity contribution is -0.143. The molecule has 0 aliphatic carbocycles. The van der Waals surface area contributed by atoms with Crippen LogP contribution in [-0.4, -0.2) is 32.3 Å². The maximum absolute atomic E-state index is 11.6. The van der Waals surface area contributed by atoms with Gasteiger partial charge in [0.25, 0.3) is 0 Å². The summed E-state index contributed by atoms with van der Waals surface area (Å²) >= 11 is 0. The number of rotatable bonds is 5. The molecule has 0 bridgehead atoms. The van der Waals surface area contributed by atoms with Crippen molar-refractivity contribution >= 4 is 17.0 Å². The van der Waals surface area contributed by atoms with E-state index in [1.54, 1.807) is 17.8 Å². The molecule has 6 nitrogen and oxygen atoms in total. The van der Waals surface area contributed by atoms with E-state index in [4.69, 9.17) is 4.74 Å². The van der Waals surface area contributed by atoms with Gasteiger partial charge in [0.15, 0.2) is 0 Å². The van der Waals surface area contributed by atoms with E-state index >= 15 is 0 Å². The maximum atomic E-state index is 11.6. The molecule has 0 aliphatic heterocycles. The molecule has 1 N–H and O–H groups in total. The van der Waals surface area contributed by atoms with Crippen molar-refractivity contribution in [2.24, 2.45) is 0 Å². The molecule has 0 spiro atoms. The number of carbonyl (C=O) groups is 1. The Morgan fingerprint density at radius 1 is 1.45 bits per heavy atom. The lowest BCUT2D eigenvalue weighted by atomic mass is 10.1. The molecular weight excluding hydrogens is 280 g/mol. The first kappa shape index (κ1) is 14.3. The Balaban J connectivity index is 1.84. The predicted octanol–water partition coefficient (Wildman–Crippen LogP) is 2.94. The highest BCUT2D eigenvalue weighted by Crippen LogP contribution is 2.27. The van der Waals surface area contributed by atoms with E-state index in [2.05, 4.69) is 15.1 Å². The average molecular weight is 298 g/mol. The number of hydrogen-bond donors (Lipinski definition) is 1. The van der Waals surface area contributed by atoms with Gasteiger partial charge in [-0.2, -0.15) is 5.10 Å². The Morgan fingerprint density at radius 2 is 2.32 bits per heavy atom. The number of hydrogen-bond acceptors (Lipinski definition) is 4. The smallest absolute Gasteiger partial charge is 0.307 e. The fraction of sp³-hybridized carbons (Fsp3) is 0.312. The molecule has 0 radical (unpaired) electrons. The number of nitrogens with one attached hydrogen (secondary N) is 1. The van der Waals surface area contributed by atoms with E-state index in [-0.39, 0.29) is 12.0 Å². The van der Waals surface area contributed by atoms with Crippen molar-refractivity contribution in [2.75, 3.05) is 6.61 Å². The quantitative estimate of drug-likeness (QED) is 0.735.